The number of nitrogens with two attached hydrogens (primary N) is 1. The average Bonchev–Trinajstić information content (AvgIpc) is 2.27. The van der Waals surface area contributed by atoms with Crippen LogP contribution in [0.2, 0.25) is 0 Å². The molecule has 1 aromatic rings. The second-order valence-electron chi connectivity index (χ2n) is 4.48. The molecule has 0 atom stereocenters. The van der Waals surface area contributed by atoms with Gasteiger partial charge in [0, 0.05) is 18.3 Å². The fraction of sp³-hybridized carbons (Fsp3) is 0.500. The zero-order valence-electron chi connectivity index (χ0n) is 10.5. The lowest BCUT2D eigenvalue weighted by molar-refractivity contribution is -0.144. The summed E-state index contributed by atoms with van der Waals surface area (Å²) < 4.78 is 47.5. The number of benzene rings is 1. The number of rotatable bonds is 3. The standard InChI is InChI=1S/C12H15F3N2O2/c1-17(7-12(13,14)15)6-8-4-10-11(5-9(8)16)19-3-2-18-10/h4-5H,2-3,6-7,16H2,1H3. The molecule has 0 amide bonds. The van der Waals surface area contributed by atoms with Gasteiger partial charge in [0.2, 0.25) is 0 Å². The molecule has 0 bridgehead atoms. The maximum Gasteiger partial charge on any atom is 0.401 e. The van der Waals surface area contributed by atoms with Crippen LogP contribution < -0.4 is 15.2 Å². The van der Waals surface area contributed by atoms with E-state index in [2.05, 4.69) is 0 Å². The number of anilines is 1. The third-order valence-corrected chi connectivity index (χ3v) is 2.69. The van der Waals surface area contributed by atoms with E-state index in [1.165, 1.54) is 7.05 Å². The van der Waals surface area contributed by atoms with Crippen LogP contribution in [0.25, 0.3) is 0 Å². The molecule has 19 heavy (non-hydrogen) atoms. The Hall–Kier alpha value is -1.63. The quantitative estimate of drug-likeness (QED) is 0.858. The highest BCUT2D eigenvalue weighted by atomic mass is 19.4. The van der Waals surface area contributed by atoms with Gasteiger partial charge in [0.15, 0.2) is 11.5 Å². The zero-order valence-corrected chi connectivity index (χ0v) is 10.5. The molecule has 1 heterocycles. The molecule has 106 valence electrons. The van der Waals surface area contributed by atoms with E-state index in [1.807, 2.05) is 0 Å². The molecule has 0 fully saturated rings. The Labute approximate surface area is 108 Å². The van der Waals surface area contributed by atoms with Crippen molar-refractivity contribution in [1.29, 1.82) is 0 Å². The number of fused-ring (bicyclic) bond motifs is 1. The molecule has 0 aliphatic carbocycles. The van der Waals surface area contributed by atoms with Gasteiger partial charge in [-0.15, -0.1) is 0 Å². The van der Waals surface area contributed by atoms with Crippen LogP contribution in [0.4, 0.5) is 18.9 Å². The first-order valence-electron chi connectivity index (χ1n) is 5.78. The van der Waals surface area contributed by atoms with Gasteiger partial charge in [0.1, 0.15) is 13.2 Å². The molecule has 2 rings (SSSR count). The van der Waals surface area contributed by atoms with E-state index in [0.717, 1.165) is 4.90 Å². The van der Waals surface area contributed by atoms with E-state index in [0.29, 0.717) is 36.0 Å². The van der Waals surface area contributed by atoms with E-state index in [9.17, 15) is 13.2 Å². The molecule has 0 saturated heterocycles. The molecule has 1 aromatic carbocycles. The summed E-state index contributed by atoms with van der Waals surface area (Å²) in [5, 5.41) is 0. The first-order valence-corrected chi connectivity index (χ1v) is 5.78. The SMILES string of the molecule is CN(Cc1cc2c(cc1N)OCCO2)CC(F)(F)F. The van der Waals surface area contributed by atoms with E-state index < -0.39 is 12.7 Å². The smallest absolute Gasteiger partial charge is 0.401 e. The van der Waals surface area contributed by atoms with Crippen molar-refractivity contribution in [2.45, 2.75) is 12.7 Å². The summed E-state index contributed by atoms with van der Waals surface area (Å²) in [6.45, 7) is -0.0165. The topological polar surface area (TPSA) is 47.7 Å². The number of ether oxygens (including phenoxy) is 2. The Morgan fingerprint density at radius 2 is 1.79 bits per heavy atom. The van der Waals surface area contributed by atoms with E-state index in [-0.39, 0.29) is 6.54 Å². The Morgan fingerprint density at radius 1 is 1.21 bits per heavy atom. The normalized spacial score (nSPS) is 14.8. The lowest BCUT2D eigenvalue weighted by atomic mass is 10.1. The molecule has 1 aliphatic heterocycles. The Morgan fingerprint density at radius 3 is 2.37 bits per heavy atom. The highest BCUT2D eigenvalue weighted by Crippen LogP contribution is 2.35. The van der Waals surface area contributed by atoms with Crippen LogP contribution >= 0.6 is 0 Å². The van der Waals surface area contributed by atoms with Gasteiger partial charge in [-0.1, -0.05) is 0 Å². The number of nitrogen functional groups attached to an aromatic ring is 1. The summed E-state index contributed by atoms with van der Waals surface area (Å²) in [4.78, 5) is 1.15. The van der Waals surface area contributed by atoms with Crippen LogP contribution in [-0.4, -0.2) is 37.9 Å². The first kappa shape index (κ1) is 13.8. The third kappa shape index (κ3) is 3.66. The molecular weight excluding hydrogens is 261 g/mol. The van der Waals surface area contributed by atoms with E-state index >= 15 is 0 Å². The second kappa shape index (κ2) is 5.16. The molecule has 0 saturated carbocycles. The van der Waals surface area contributed by atoms with Crippen LogP contribution in [0.1, 0.15) is 5.56 Å². The Kier molecular flexibility index (Phi) is 3.75. The minimum atomic E-state index is -4.22. The summed E-state index contributed by atoms with van der Waals surface area (Å²) in [5.74, 6) is 1.06. The minimum Gasteiger partial charge on any atom is -0.486 e. The fourth-order valence-corrected chi connectivity index (χ4v) is 1.94. The van der Waals surface area contributed by atoms with Crippen molar-refractivity contribution in [3.05, 3.63) is 17.7 Å². The largest absolute Gasteiger partial charge is 0.486 e. The number of hydrogen-bond acceptors (Lipinski definition) is 4. The minimum absolute atomic E-state index is 0.0992. The van der Waals surface area contributed by atoms with Gasteiger partial charge in [-0.05, 0) is 18.7 Å². The summed E-state index contributed by atoms with van der Waals surface area (Å²) in [7, 11) is 1.39. The number of hydrogen-bond donors (Lipinski definition) is 1. The molecule has 7 heteroatoms. The predicted molar refractivity (Wildman–Crippen MR) is 64.2 cm³/mol. The molecule has 4 nitrogen and oxygen atoms in total. The maximum absolute atomic E-state index is 12.3. The number of halogens is 3. The molecule has 0 spiro atoms. The lowest BCUT2D eigenvalue weighted by Gasteiger charge is -2.23. The summed E-state index contributed by atoms with van der Waals surface area (Å²) in [6, 6.07) is 3.22. The van der Waals surface area contributed by atoms with Gasteiger partial charge < -0.3 is 15.2 Å². The van der Waals surface area contributed by atoms with Crippen molar-refractivity contribution in [3.8, 4) is 11.5 Å². The van der Waals surface area contributed by atoms with Crippen LogP contribution in [-0.2, 0) is 6.54 Å². The van der Waals surface area contributed by atoms with Gasteiger partial charge in [-0.25, -0.2) is 0 Å². The highest BCUT2D eigenvalue weighted by Gasteiger charge is 2.29. The molecule has 2 N–H and O–H groups in total. The molecule has 1 aliphatic rings. The second-order valence-corrected chi connectivity index (χ2v) is 4.48. The van der Waals surface area contributed by atoms with Gasteiger partial charge in [0.05, 0.1) is 6.54 Å². The van der Waals surface area contributed by atoms with Crippen molar-refractivity contribution < 1.29 is 22.6 Å². The Balaban J connectivity index is 2.12. The maximum atomic E-state index is 12.3. The highest BCUT2D eigenvalue weighted by molar-refractivity contribution is 5.58. The van der Waals surface area contributed by atoms with Crippen molar-refractivity contribution in [3.63, 3.8) is 0 Å². The van der Waals surface area contributed by atoms with Crippen LogP contribution in [0.3, 0.4) is 0 Å². The number of nitrogens with zero attached hydrogens (tertiary/aromatic N) is 1. The van der Waals surface area contributed by atoms with Crippen LogP contribution in [0.15, 0.2) is 12.1 Å². The van der Waals surface area contributed by atoms with Gasteiger partial charge in [-0.3, -0.25) is 4.90 Å². The van der Waals surface area contributed by atoms with E-state index in [1.54, 1.807) is 12.1 Å². The first-order chi connectivity index (χ1) is 8.85. The van der Waals surface area contributed by atoms with Crippen LogP contribution in [0, 0.1) is 0 Å². The molecular formula is C12H15F3N2O2. The van der Waals surface area contributed by atoms with Crippen molar-refractivity contribution in [1.82, 2.24) is 4.90 Å². The summed E-state index contributed by atoms with van der Waals surface area (Å²) in [5.41, 5.74) is 6.81. The average molecular weight is 276 g/mol. The van der Waals surface area contributed by atoms with Gasteiger partial charge in [0.25, 0.3) is 0 Å². The predicted octanol–water partition coefficient (Wildman–Crippen LogP) is 2.03. The Bertz CT molecular complexity index is 463. The van der Waals surface area contributed by atoms with Gasteiger partial charge >= 0.3 is 6.18 Å². The summed E-state index contributed by atoms with van der Waals surface area (Å²) in [6.07, 6.45) is -4.22. The van der Waals surface area contributed by atoms with Crippen LogP contribution in [0.5, 0.6) is 11.5 Å². The molecule has 0 aromatic heterocycles. The zero-order chi connectivity index (χ0) is 14.0. The third-order valence-electron chi connectivity index (χ3n) is 2.69. The molecule has 0 unspecified atom stereocenters. The van der Waals surface area contributed by atoms with Crippen molar-refractivity contribution in [2.24, 2.45) is 0 Å². The molecule has 0 radical (unpaired) electrons. The van der Waals surface area contributed by atoms with E-state index in [4.69, 9.17) is 15.2 Å². The lowest BCUT2D eigenvalue weighted by Crippen LogP contribution is -2.30. The van der Waals surface area contributed by atoms with Crippen molar-refractivity contribution >= 4 is 5.69 Å². The summed E-state index contributed by atoms with van der Waals surface area (Å²) >= 11 is 0. The van der Waals surface area contributed by atoms with Gasteiger partial charge in [-0.2, -0.15) is 13.2 Å². The number of alkyl halides is 3. The fourth-order valence-electron chi connectivity index (χ4n) is 1.94. The van der Waals surface area contributed by atoms with Crippen molar-refractivity contribution in [2.75, 3.05) is 32.5 Å². The monoisotopic (exact) mass is 276 g/mol.